The first-order chi connectivity index (χ1) is 22.2. The molecule has 0 atom stereocenters. The van der Waals surface area contributed by atoms with Crippen LogP contribution >= 0.6 is 24.0 Å². The number of hydrogen-bond donors (Lipinski definition) is 2. The average Bonchev–Trinajstić information content (AvgIpc) is 3.61. The number of carboxylic acid groups (broad SMARTS) is 1. The van der Waals surface area contributed by atoms with Crippen LogP contribution in [0.4, 0.5) is 5.82 Å². The molecule has 2 aliphatic rings. The van der Waals surface area contributed by atoms with E-state index < -0.39 is 5.97 Å². The van der Waals surface area contributed by atoms with Gasteiger partial charge in [-0.2, -0.15) is 5.26 Å². The minimum absolute atomic E-state index is 0.0633. The Morgan fingerprint density at radius 1 is 1.07 bits per heavy atom. The lowest BCUT2D eigenvalue weighted by atomic mass is 10.0. The summed E-state index contributed by atoms with van der Waals surface area (Å²) < 4.78 is 13.1. The number of benzene rings is 1. The number of nitrogens with one attached hydrogen (secondary N) is 1. The third-order valence-electron chi connectivity index (χ3n) is 8.18. The molecule has 0 radical (unpaired) electrons. The van der Waals surface area contributed by atoms with Crippen LogP contribution in [0.15, 0.2) is 27.9 Å². The van der Waals surface area contributed by atoms with Gasteiger partial charge < -0.3 is 19.9 Å². The number of aromatic nitrogens is 1. The number of pyridine rings is 1. The van der Waals surface area contributed by atoms with E-state index in [4.69, 9.17) is 26.8 Å². The Hall–Kier alpha value is -3.82. The highest BCUT2D eigenvalue weighted by Gasteiger charge is 2.32. The first-order valence-electron chi connectivity index (χ1n) is 16.0. The number of thioether (sulfide) groups is 1. The smallest absolute Gasteiger partial charge is 0.303 e. The number of carboxylic acids is 1. The molecular formula is C34H42N4O6S2. The van der Waals surface area contributed by atoms with E-state index >= 15 is 0 Å². The quantitative estimate of drug-likeness (QED) is 0.0976. The van der Waals surface area contributed by atoms with Gasteiger partial charge in [0.25, 0.3) is 11.5 Å². The van der Waals surface area contributed by atoms with Gasteiger partial charge in [0.15, 0.2) is 11.5 Å². The van der Waals surface area contributed by atoms with E-state index in [9.17, 15) is 19.6 Å². The number of unbranched alkanes of at least 4 members (excludes halogenated alkanes) is 8. The lowest BCUT2D eigenvalue weighted by molar-refractivity contribution is -0.137. The normalized spacial score (nSPS) is 14.7. The number of hydrogen-bond acceptors (Lipinski definition) is 9. The predicted octanol–water partition coefficient (Wildman–Crippen LogP) is 6.97. The summed E-state index contributed by atoms with van der Waals surface area (Å²) in [5, 5.41) is 22.1. The van der Waals surface area contributed by atoms with E-state index in [1.165, 1.54) is 11.8 Å². The van der Waals surface area contributed by atoms with Crippen molar-refractivity contribution < 1.29 is 24.2 Å². The number of nitriles is 1. The van der Waals surface area contributed by atoms with E-state index in [-0.39, 0.29) is 30.2 Å². The first kappa shape index (κ1) is 35.0. The zero-order valence-corrected chi connectivity index (χ0v) is 28.2. The largest absolute Gasteiger partial charge is 0.481 e. The molecule has 0 spiro atoms. The summed E-state index contributed by atoms with van der Waals surface area (Å²) in [6, 6.07) is 7.77. The summed E-state index contributed by atoms with van der Waals surface area (Å²) in [6.07, 6.45) is 11.4. The zero-order valence-electron chi connectivity index (χ0n) is 26.6. The summed E-state index contributed by atoms with van der Waals surface area (Å²) in [5.41, 5.74) is 1.77. The van der Waals surface area contributed by atoms with Gasteiger partial charge >= 0.3 is 5.97 Å². The van der Waals surface area contributed by atoms with Gasteiger partial charge in [-0.1, -0.05) is 81.9 Å². The van der Waals surface area contributed by atoms with E-state index in [1.54, 1.807) is 22.5 Å². The third-order valence-corrected chi connectivity index (χ3v) is 9.56. The molecule has 3 heterocycles. The van der Waals surface area contributed by atoms with Crippen molar-refractivity contribution in [1.29, 1.82) is 5.26 Å². The third kappa shape index (κ3) is 8.91. The van der Waals surface area contributed by atoms with Crippen molar-refractivity contribution in [2.24, 2.45) is 0 Å². The molecule has 0 aliphatic carbocycles. The number of anilines is 1. The van der Waals surface area contributed by atoms with Crippen molar-refractivity contribution >= 4 is 52.1 Å². The van der Waals surface area contributed by atoms with Crippen LogP contribution in [0.5, 0.6) is 11.5 Å². The Labute approximate surface area is 279 Å². The highest BCUT2D eigenvalue weighted by atomic mass is 32.2. The van der Waals surface area contributed by atoms with Gasteiger partial charge in [-0.15, -0.1) is 0 Å². The van der Waals surface area contributed by atoms with E-state index in [0.29, 0.717) is 57.3 Å². The van der Waals surface area contributed by atoms with Crippen molar-refractivity contribution in [2.45, 2.75) is 97.6 Å². The number of thiocarbonyl (C=S) groups is 1. The molecule has 0 bridgehead atoms. The minimum atomic E-state index is -0.738. The molecule has 0 unspecified atom stereocenters. The zero-order chi connectivity index (χ0) is 33.1. The maximum Gasteiger partial charge on any atom is 0.303 e. The average molecular weight is 667 g/mol. The number of carbonyl (C=O) groups is 2. The van der Waals surface area contributed by atoms with Crippen molar-refractivity contribution in [1.82, 2.24) is 9.47 Å². The van der Waals surface area contributed by atoms with E-state index in [1.807, 2.05) is 25.1 Å². The molecule has 10 nitrogen and oxygen atoms in total. The monoisotopic (exact) mass is 666 g/mol. The van der Waals surface area contributed by atoms with E-state index in [0.717, 1.165) is 69.8 Å². The maximum absolute atomic E-state index is 13.6. The standard InChI is InChI=1S/C34H42N4O6S2/c1-3-4-16-37-31(36-21-24-14-15-27-28(18-24)44-22-43-27)25(23(2)26(20-35)32(37)41)19-29-33(42)38(34(45)46-29)17-12-10-8-6-5-7-9-11-13-30(39)40/h14-15,18-19,36H,3-13,16-17,21-22H2,1-2H3,(H,39,40)/b29-19+. The highest BCUT2D eigenvalue weighted by molar-refractivity contribution is 8.26. The van der Waals surface area contributed by atoms with Crippen LogP contribution in [0, 0.1) is 18.3 Å². The molecule has 0 saturated carbocycles. The highest BCUT2D eigenvalue weighted by Crippen LogP contribution is 2.36. The summed E-state index contributed by atoms with van der Waals surface area (Å²) in [4.78, 5) is 39.8. The molecule has 1 fully saturated rings. The van der Waals surface area contributed by atoms with Crippen LogP contribution in [0.2, 0.25) is 0 Å². The Morgan fingerprint density at radius 3 is 2.46 bits per heavy atom. The van der Waals surface area contributed by atoms with Crippen molar-refractivity contribution in [3.63, 3.8) is 0 Å². The molecule has 2 N–H and O–H groups in total. The van der Waals surface area contributed by atoms with Crippen LogP contribution in [0.1, 0.15) is 99.8 Å². The second kappa shape index (κ2) is 17.2. The second-order valence-electron chi connectivity index (χ2n) is 11.5. The molecule has 2 aromatic rings. The van der Waals surface area contributed by atoms with E-state index in [2.05, 4.69) is 11.4 Å². The molecule has 12 heteroatoms. The summed E-state index contributed by atoms with van der Waals surface area (Å²) in [5.74, 6) is 1.000. The van der Waals surface area contributed by atoms with Crippen LogP contribution in [0.25, 0.3) is 6.08 Å². The summed E-state index contributed by atoms with van der Waals surface area (Å²) >= 11 is 6.85. The molecule has 1 saturated heterocycles. The Morgan fingerprint density at radius 2 is 1.76 bits per heavy atom. The molecular weight excluding hydrogens is 625 g/mol. The fraction of sp³-hybridized carbons (Fsp3) is 0.500. The van der Waals surface area contributed by atoms with Crippen molar-refractivity contribution in [3.05, 3.63) is 55.7 Å². The topological polar surface area (TPSA) is 134 Å². The first-order valence-corrected chi connectivity index (χ1v) is 17.2. The molecule has 246 valence electrons. The van der Waals surface area contributed by atoms with Gasteiger partial charge in [-0.3, -0.25) is 23.9 Å². The molecule has 1 amide bonds. The SMILES string of the molecule is CCCCn1c(NCc2ccc3c(c2)OCO3)c(/C=C2/SC(=S)N(CCCCCCCCCCC(=O)O)C2=O)c(C)c(C#N)c1=O. The van der Waals surface area contributed by atoms with Crippen LogP contribution in [0.3, 0.4) is 0 Å². The van der Waals surface area contributed by atoms with Gasteiger partial charge in [0.05, 0.1) is 4.91 Å². The predicted molar refractivity (Wildman–Crippen MR) is 184 cm³/mol. The number of fused-ring (bicyclic) bond motifs is 1. The summed E-state index contributed by atoms with van der Waals surface area (Å²) in [6.45, 7) is 5.32. The number of ether oxygens (including phenoxy) is 2. The number of amides is 1. The molecule has 2 aliphatic heterocycles. The number of rotatable bonds is 18. The minimum Gasteiger partial charge on any atom is -0.481 e. The fourth-order valence-corrected chi connectivity index (χ4v) is 6.84. The lowest BCUT2D eigenvalue weighted by Gasteiger charge is -2.20. The number of nitrogens with zero attached hydrogens (tertiary/aromatic N) is 3. The lowest BCUT2D eigenvalue weighted by Crippen LogP contribution is -2.29. The van der Waals surface area contributed by atoms with Gasteiger partial charge in [0, 0.05) is 31.6 Å². The Bertz CT molecular complexity index is 1580. The molecule has 1 aromatic heterocycles. The maximum atomic E-state index is 13.6. The molecule has 1 aromatic carbocycles. The summed E-state index contributed by atoms with van der Waals surface area (Å²) in [7, 11) is 0. The Balaban J connectivity index is 1.48. The van der Waals surface area contributed by atoms with Gasteiger partial charge in [0.1, 0.15) is 21.8 Å². The number of aliphatic carboxylic acids is 1. The van der Waals surface area contributed by atoms with Gasteiger partial charge in [-0.25, -0.2) is 0 Å². The van der Waals surface area contributed by atoms with Crippen molar-refractivity contribution in [2.75, 3.05) is 18.7 Å². The van der Waals surface area contributed by atoms with Gasteiger partial charge in [0.2, 0.25) is 6.79 Å². The van der Waals surface area contributed by atoms with Gasteiger partial charge in [-0.05, 0) is 55.5 Å². The van der Waals surface area contributed by atoms with Crippen LogP contribution in [-0.4, -0.2) is 44.1 Å². The number of carbonyl (C=O) groups excluding carboxylic acids is 1. The fourth-order valence-electron chi connectivity index (χ4n) is 5.55. The molecule has 4 rings (SSSR count). The second-order valence-corrected chi connectivity index (χ2v) is 13.2. The van der Waals surface area contributed by atoms with Crippen LogP contribution < -0.4 is 20.3 Å². The Kier molecular flexibility index (Phi) is 13.1. The van der Waals surface area contributed by atoms with Crippen molar-refractivity contribution in [3.8, 4) is 17.6 Å². The van der Waals surface area contributed by atoms with Crippen LogP contribution in [-0.2, 0) is 22.7 Å². The molecule has 46 heavy (non-hydrogen) atoms.